The number of likely N-dealkylation sites (tertiary alicyclic amines) is 1. The van der Waals surface area contributed by atoms with Crippen molar-refractivity contribution in [3.8, 4) is 5.88 Å². The number of carbonyl (C=O) groups excluding carboxylic acids is 3. The molecule has 1 aliphatic heterocycles. The van der Waals surface area contributed by atoms with E-state index < -0.39 is 68.2 Å². The molecular weight excluding hydrogens is 555 g/mol. The normalized spacial score (nSPS) is 25.9. The van der Waals surface area contributed by atoms with E-state index in [-0.39, 0.29) is 25.3 Å². The van der Waals surface area contributed by atoms with Gasteiger partial charge in [-0.1, -0.05) is 12.1 Å². The summed E-state index contributed by atoms with van der Waals surface area (Å²) in [5.41, 5.74) is -2.36. The van der Waals surface area contributed by atoms with Gasteiger partial charge in [0.15, 0.2) is 0 Å². The quantitative estimate of drug-likeness (QED) is 0.448. The maximum absolute atomic E-state index is 14.0. The van der Waals surface area contributed by atoms with Crippen molar-refractivity contribution in [3.05, 3.63) is 48.9 Å². The fraction of sp³-hybridized carbons (Fsp3) is 0.500. The van der Waals surface area contributed by atoms with Gasteiger partial charge >= 0.3 is 6.09 Å². The van der Waals surface area contributed by atoms with E-state index in [1.54, 1.807) is 32.9 Å². The second-order valence-corrected chi connectivity index (χ2v) is 13.7. The number of ether oxygens (including phenoxy) is 2. The Bertz CT molecular complexity index is 1520. The minimum Gasteiger partial charge on any atom is -0.472 e. The number of benzene rings is 1. The zero-order valence-corrected chi connectivity index (χ0v) is 23.9. The van der Waals surface area contributed by atoms with Gasteiger partial charge in [0.05, 0.1) is 11.8 Å². The molecule has 2 N–H and O–H groups in total. The van der Waals surface area contributed by atoms with Crippen molar-refractivity contribution in [2.24, 2.45) is 5.92 Å². The van der Waals surface area contributed by atoms with Crippen molar-refractivity contribution in [1.29, 1.82) is 0 Å². The summed E-state index contributed by atoms with van der Waals surface area (Å²) in [6, 6.07) is 4.82. The van der Waals surface area contributed by atoms with E-state index >= 15 is 0 Å². The van der Waals surface area contributed by atoms with Gasteiger partial charge in [-0.05, 0) is 63.6 Å². The fourth-order valence-corrected chi connectivity index (χ4v) is 6.40. The largest absolute Gasteiger partial charge is 0.472 e. The zero-order chi connectivity index (χ0) is 29.7. The Kier molecular flexibility index (Phi) is 7.21. The fourth-order valence-electron chi connectivity index (χ4n) is 5.04. The number of amides is 3. The number of rotatable bonds is 8. The minimum absolute atomic E-state index is 0.0231. The number of pyridine rings is 1. The van der Waals surface area contributed by atoms with Gasteiger partial charge in [-0.3, -0.25) is 19.2 Å². The Hall–Kier alpha value is -3.74. The summed E-state index contributed by atoms with van der Waals surface area (Å²) in [6.45, 7) is 8.74. The number of hydrogen-bond acceptors (Lipinski definition) is 8. The lowest BCUT2D eigenvalue weighted by molar-refractivity contribution is -0.131. The van der Waals surface area contributed by atoms with Crippen LogP contribution in [0.15, 0.2) is 43.1 Å². The van der Waals surface area contributed by atoms with Gasteiger partial charge in [0.25, 0.3) is 5.91 Å². The Balaban J connectivity index is 1.38. The molecule has 0 radical (unpaired) electrons. The number of halogens is 1. The predicted octanol–water partition coefficient (Wildman–Crippen LogP) is 2.80. The lowest BCUT2D eigenvalue weighted by atomic mass is 10.1. The van der Waals surface area contributed by atoms with Gasteiger partial charge < -0.3 is 14.8 Å². The second-order valence-electron chi connectivity index (χ2n) is 11.8. The summed E-state index contributed by atoms with van der Waals surface area (Å²) < 4.78 is 52.6. The first-order valence-electron chi connectivity index (χ1n) is 13.4. The number of hydrogen-bond donors (Lipinski definition) is 2. The van der Waals surface area contributed by atoms with Crippen LogP contribution in [0.3, 0.4) is 0 Å². The molecule has 5 rings (SSSR count). The molecule has 13 heteroatoms. The first-order chi connectivity index (χ1) is 19.2. The smallest absolute Gasteiger partial charge is 0.411 e. The summed E-state index contributed by atoms with van der Waals surface area (Å²) >= 11 is 0. The van der Waals surface area contributed by atoms with Crippen LogP contribution in [0.5, 0.6) is 5.88 Å². The number of nitrogens with zero attached hydrogens (tertiary/aromatic N) is 2. The molecule has 2 aliphatic carbocycles. The van der Waals surface area contributed by atoms with E-state index in [9.17, 15) is 27.2 Å². The second kappa shape index (κ2) is 10.3. The molecule has 4 atom stereocenters. The molecule has 11 nitrogen and oxygen atoms in total. The molecule has 0 bridgehead atoms. The van der Waals surface area contributed by atoms with Crippen molar-refractivity contribution in [1.82, 2.24) is 19.9 Å². The highest BCUT2D eigenvalue weighted by Gasteiger charge is 2.62. The van der Waals surface area contributed by atoms with Crippen LogP contribution in [0, 0.1) is 11.7 Å². The van der Waals surface area contributed by atoms with Gasteiger partial charge in [0.2, 0.25) is 21.8 Å². The number of fused-ring (bicyclic) bond motifs is 1. The summed E-state index contributed by atoms with van der Waals surface area (Å²) in [7, 11) is -3.85. The van der Waals surface area contributed by atoms with E-state index in [4.69, 9.17) is 9.47 Å². The molecule has 1 aromatic carbocycles. The van der Waals surface area contributed by atoms with Gasteiger partial charge in [0, 0.05) is 23.9 Å². The summed E-state index contributed by atoms with van der Waals surface area (Å²) in [5, 5.41) is 3.22. The average molecular weight is 589 g/mol. The van der Waals surface area contributed by atoms with Crippen molar-refractivity contribution in [3.63, 3.8) is 0 Å². The van der Waals surface area contributed by atoms with Crippen molar-refractivity contribution in [2.45, 2.75) is 75.0 Å². The molecular formula is C28H33FN4O7S. The molecule has 41 heavy (non-hydrogen) atoms. The zero-order valence-electron chi connectivity index (χ0n) is 23.1. The minimum atomic E-state index is -3.85. The van der Waals surface area contributed by atoms with Gasteiger partial charge in [-0.15, -0.1) is 6.58 Å². The lowest BCUT2D eigenvalue weighted by Crippen LogP contribution is -2.56. The SMILES string of the molecule is C=CC1CC1(NC(=O)C1CC(Oc2nccc3ccc(F)cc23)CN1C(=O)OC(C)(C)C)C(=O)NS(=O)(=O)C1CC1. The Morgan fingerprint density at radius 1 is 1.22 bits per heavy atom. The molecule has 2 aromatic rings. The van der Waals surface area contributed by atoms with Crippen LogP contribution < -0.4 is 14.8 Å². The third-order valence-corrected chi connectivity index (χ3v) is 9.23. The number of aromatic nitrogens is 1. The van der Waals surface area contributed by atoms with E-state index in [1.165, 1.54) is 29.3 Å². The van der Waals surface area contributed by atoms with Crippen LogP contribution in [0.2, 0.25) is 0 Å². The van der Waals surface area contributed by atoms with Crippen LogP contribution in [-0.4, -0.2) is 71.3 Å². The van der Waals surface area contributed by atoms with Gasteiger partial charge in [-0.2, -0.15) is 0 Å². The predicted molar refractivity (Wildman–Crippen MR) is 147 cm³/mol. The molecule has 2 heterocycles. The van der Waals surface area contributed by atoms with Crippen LogP contribution in [0.1, 0.15) is 46.5 Å². The maximum Gasteiger partial charge on any atom is 0.411 e. The molecule has 3 aliphatic rings. The van der Waals surface area contributed by atoms with Crippen molar-refractivity contribution < 1.29 is 36.7 Å². The topological polar surface area (TPSA) is 144 Å². The lowest BCUT2D eigenvalue weighted by Gasteiger charge is -2.29. The van der Waals surface area contributed by atoms with E-state index in [0.717, 1.165) is 0 Å². The summed E-state index contributed by atoms with van der Waals surface area (Å²) in [6.07, 6.45) is 2.66. The monoisotopic (exact) mass is 588 g/mol. The van der Waals surface area contributed by atoms with Crippen LogP contribution in [0.4, 0.5) is 9.18 Å². The molecule has 2 saturated carbocycles. The average Bonchev–Trinajstić information content (AvgIpc) is 3.80. The van der Waals surface area contributed by atoms with Crippen molar-refractivity contribution in [2.75, 3.05) is 6.54 Å². The highest BCUT2D eigenvalue weighted by Crippen LogP contribution is 2.45. The van der Waals surface area contributed by atoms with Crippen molar-refractivity contribution >= 4 is 38.7 Å². The summed E-state index contributed by atoms with van der Waals surface area (Å²) in [4.78, 5) is 45.4. The number of sulfonamides is 1. The van der Waals surface area contributed by atoms with Crippen LogP contribution in [0.25, 0.3) is 10.8 Å². The third kappa shape index (κ3) is 5.99. The first kappa shape index (κ1) is 28.8. The maximum atomic E-state index is 14.0. The van der Waals surface area contributed by atoms with Gasteiger partial charge in [-0.25, -0.2) is 22.6 Å². The molecule has 220 valence electrons. The van der Waals surface area contributed by atoms with E-state index in [0.29, 0.717) is 23.6 Å². The molecule has 4 unspecified atom stereocenters. The highest BCUT2D eigenvalue weighted by molar-refractivity contribution is 7.91. The Morgan fingerprint density at radius 3 is 2.59 bits per heavy atom. The first-order valence-corrected chi connectivity index (χ1v) is 15.0. The molecule has 0 spiro atoms. The van der Waals surface area contributed by atoms with Gasteiger partial charge in [0.1, 0.15) is 29.1 Å². The van der Waals surface area contributed by atoms with E-state index in [2.05, 4.69) is 21.6 Å². The number of carbonyl (C=O) groups is 3. The Labute approximate surface area is 237 Å². The molecule has 1 saturated heterocycles. The third-order valence-electron chi connectivity index (χ3n) is 7.41. The summed E-state index contributed by atoms with van der Waals surface area (Å²) in [5.74, 6) is -2.31. The standard InChI is InChI=1S/C28H33FN4O7S/c1-5-17-14-28(17,25(35)32-41(37,38)20-8-9-20)31-23(34)22-13-19(15-33(22)26(36)40-27(2,3)4)39-24-21-12-18(29)7-6-16(21)10-11-30-24/h5-7,10-12,17,19-20,22H,1,8-9,13-15H2,2-4H3,(H,31,34)(H,32,35). The molecule has 3 fully saturated rings. The van der Waals surface area contributed by atoms with Crippen LogP contribution >= 0.6 is 0 Å². The molecule has 3 amide bonds. The molecule has 1 aromatic heterocycles. The number of nitrogens with one attached hydrogen (secondary N) is 2. The Morgan fingerprint density at radius 2 is 1.95 bits per heavy atom. The van der Waals surface area contributed by atoms with Crippen LogP contribution in [-0.2, 0) is 24.3 Å². The van der Waals surface area contributed by atoms with E-state index in [1.807, 2.05) is 0 Å². The highest BCUT2D eigenvalue weighted by atomic mass is 32.2.